The normalized spacial score (nSPS) is 10.9. The number of fused-ring (bicyclic) bond motifs is 1. The summed E-state index contributed by atoms with van der Waals surface area (Å²) >= 11 is 5.94. The standard InChI is InChI=1S/C18H13ClN4O2/c19-14-6-7-15-13(8-14)9-16(25-15)17(24)21-18-20-11-23(22-18)10-12-4-2-1-3-5-12/h1-9,11H,10H2,(H,21,22,24). The molecule has 0 spiro atoms. The van der Waals surface area contributed by atoms with Crippen molar-refractivity contribution in [2.45, 2.75) is 6.54 Å². The number of nitrogens with one attached hydrogen (secondary N) is 1. The van der Waals surface area contributed by atoms with Crippen LogP contribution in [-0.2, 0) is 6.54 Å². The van der Waals surface area contributed by atoms with Crippen LogP contribution in [0.25, 0.3) is 11.0 Å². The fourth-order valence-corrected chi connectivity index (χ4v) is 2.67. The molecule has 0 fully saturated rings. The Hall–Kier alpha value is -3.12. The summed E-state index contributed by atoms with van der Waals surface area (Å²) in [5, 5.41) is 8.23. The topological polar surface area (TPSA) is 73.0 Å². The SMILES string of the molecule is O=C(Nc1ncn(Cc2ccccc2)n1)c1cc2cc(Cl)ccc2o1. The second-order valence-electron chi connectivity index (χ2n) is 5.50. The predicted octanol–water partition coefficient (Wildman–Crippen LogP) is 3.98. The molecule has 4 aromatic rings. The van der Waals surface area contributed by atoms with Gasteiger partial charge in [0.2, 0.25) is 5.95 Å². The second kappa shape index (κ2) is 6.41. The van der Waals surface area contributed by atoms with E-state index in [1.165, 1.54) is 0 Å². The lowest BCUT2D eigenvalue weighted by Gasteiger charge is -2.00. The van der Waals surface area contributed by atoms with Crippen LogP contribution < -0.4 is 5.32 Å². The van der Waals surface area contributed by atoms with Gasteiger partial charge in [-0.15, -0.1) is 5.10 Å². The van der Waals surface area contributed by atoms with Gasteiger partial charge < -0.3 is 4.42 Å². The average Bonchev–Trinajstić information content (AvgIpc) is 3.22. The lowest BCUT2D eigenvalue weighted by molar-refractivity contribution is 0.0998. The van der Waals surface area contributed by atoms with E-state index in [1.54, 1.807) is 35.3 Å². The second-order valence-corrected chi connectivity index (χ2v) is 5.93. The van der Waals surface area contributed by atoms with Crippen molar-refractivity contribution in [3.05, 3.63) is 77.3 Å². The number of nitrogens with zero attached hydrogens (tertiary/aromatic N) is 3. The van der Waals surface area contributed by atoms with E-state index in [-0.39, 0.29) is 11.7 Å². The number of amides is 1. The Bertz CT molecular complexity index is 1040. The number of aromatic nitrogens is 3. The van der Waals surface area contributed by atoms with Crippen molar-refractivity contribution < 1.29 is 9.21 Å². The van der Waals surface area contributed by atoms with Crippen molar-refractivity contribution in [2.75, 3.05) is 5.32 Å². The summed E-state index contributed by atoms with van der Waals surface area (Å²) < 4.78 is 7.18. The fourth-order valence-electron chi connectivity index (χ4n) is 2.49. The summed E-state index contributed by atoms with van der Waals surface area (Å²) in [4.78, 5) is 16.4. The highest BCUT2D eigenvalue weighted by atomic mass is 35.5. The van der Waals surface area contributed by atoms with Gasteiger partial charge in [0.1, 0.15) is 11.9 Å². The Labute approximate surface area is 148 Å². The Morgan fingerprint density at radius 1 is 1.16 bits per heavy atom. The van der Waals surface area contributed by atoms with Gasteiger partial charge in [0.05, 0.1) is 6.54 Å². The lowest BCUT2D eigenvalue weighted by atomic mass is 10.2. The third-order valence-electron chi connectivity index (χ3n) is 3.65. The van der Waals surface area contributed by atoms with E-state index >= 15 is 0 Å². The van der Waals surface area contributed by atoms with Gasteiger partial charge >= 0.3 is 0 Å². The van der Waals surface area contributed by atoms with Crippen LogP contribution in [0.4, 0.5) is 5.95 Å². The number of carbonyl (C=O) groups excluding carboxylic acids is 1. The van der Waals surface area contributed by atoms with Crippen molar-refractivity contribution in [2.24, 2.45) is 0 Å². The van der Waals surface area contributed by atoms with E-state index in [0.29, 0.717) is 17.2 Å². The van der Waals surface area contributed by atoms with E-state index in [9.17, 15) is 4.79 Å². The van der Waals surface area contributed by atoms with Gasteiger partial charge in [0, 0.05) is 10.4 Å². The number of rotatable bonds is 4. The first-order chi connectivity index (χ1) is 12.2. The molecule has 1 amide bonds. The van der Waals surface area contributed by atoms with Crippen LogP contribution in [0.3, 0.4) is 0 Å². The van der Waals surface area contributed by atoms with Crippen molar-refractivity contribution >= 4 is 34.4 Å². The average molecular weight is 353 g/mol. The van der Waals surface area contributed by atoms with Gasteiger partial charge in [0.25, 0.3) is 5.91 Å². The molecular weight excluding hydrogens is 340 g/mol. The Balaban J connectivity index is 1.48. The van der Waals surface area contributed by atoms with Crippen LogP contribution in [0, 0.1) is 0 Å². The van der Waals surface area contributed by atoms with Crippen LogP contribution in [0.5, 0.6) is 0 Å². The van der Waals surface area contributed by atoms with Crippen LogP contribution in [0.1, 0.15) is 16.1 Å². The first-order valence-corrected chi connectivity index (χ1v) is 7.99. The van der Waals surface area contributed by atoms with E-state index in [0.717, 1.165) is 10.9 Å². The van der Waals surface area contributed by atoms with E-state index < -0.39 is 5.91 Å². The summed E-state index contributed by atoms with van der Waals surface area (Å²) in [6.45, 7) is 0.576. The molecule has 0 aliphatic heterocycles. The molecule has 0 bridgehead atoms. The minimum absolute atomic E-state index is 0.177. The van der Waals surface area contributed by atoms with Gasteiger partial charge in [-0.3, -0.25) is 10.1 Å². The number of benzene rings is 2. The third kappa shape index (κ3) is 3.39. The number of hydrogen-bond acceptors (Lipinski definition) is 4. The quantitative estimate of drug-likeness (QED) is 0.603. The van der Waals surface area contributed by atoms with E-state index in [2.05, 4.69) is 15.4 Å². The lowest BCUT2D eigenvalue weighted by Crippen LogP contribution is -2.12. The maximum Gasteiger partial charge on any atom is 0.293 e. The maximum absolute atomic E-state index is 12.3. The zero-order valence-corrected chi connectivity index (χ0v) is 13.8. The van der Waals surface area contributed by atoms with Crippen molar-refractivity contribution in [3.8, 4) is 0 Å². The highest BCUT2D eigenvalue weighted by molar-refractivity contribution is 6.31. The zero-order valence-electron chi connectivity index (χ0n) is 13.0. The minimum atomic E-state index is -0.412. The molecule has 0 saturated carbocycles. The van der Waals surface area contributed by atoms with Crippen LogP contribution in [-0.4, -0.2) is 20.7 Å². The van der Waals surface area contributed by atoms with Crippen molar-refractivity contribution in [1.82, 2.24) is 14.8 Å². The Kier molecular flexibility index (Phi) is 3.95. The van der Waals surface area contributed by atoms with Crippen LogP contribution >= 0.6 is 11.6 Å². The molecule has 7 heteroatoms. The summed E-state index contributed by atoms with van der Waals surface area (Å²) in [7, 11) is 0. The minimum Gasteiger partial charge on any atom is -0.451 e. The van der Waals surface area contributed by atoms with Gasteiger partial charge in [-0.05, 0) is 29.8 Å². The summed E-state index contributed by atoms with van der Waals surface area (Å²) in [5.74, 6) is -0.0131. The van der Waals surface area contributed by atoms with Gasteiger partial charge in [-0.2, -0.15) is 0 Å². The van der Waals surface area contributed by atoms with E-state index in [4.69, 9.17) is 16.0 Å². The smallest absolute Gasteiger partial charge is 0.293 e. The molecule has 0 saturated heterocycles. The summed E-state index contributed by atoms with van der Waals surface area (Å²) in [6.07, 6.45) is 1.57. The molecule has 124 valence electrons. The predicted molar refractivity (Wildman–Crippen MR) is 94.7 cm³/mol. The molecule has 2 aromatic heterocycles. The molecule has 2 aromatic carbocycles. The largest absolute Gasteiger partial charge is 0.451 e. The number of anilines is 1. The molecule has 1 N–H and O–H groups in total. The molecule has 4 rings (SSSR count). The summed E-state index contributed by atoms with van der Waals surface area (Å²) in [5.41, 5.74) is 1.69. The Morgan fingerprint density at radius 2 is 2.00 bits per heavy atom. The molecule has 2 heterocycles. The van der Waals surface area contributed by atoms with Gasteiger partial charge in [-0.1, -0.05) is 41.9 Å². The molecule has 0 atom stereocenters. The highest BCUT2D eigenvalue weighted by Gasteiger charge is 2.14. The number of furan rings is 1. The number of hydrogen-bond donors (Lipinski definition) is 1. The maximum atomic E-state index is 12.3. The molecule has 25 heavy (non-hydrogen) atoms. The van der Waals surface area contributed by atoms with Gasteiger partial charge in [0.15, 0.2) is 5.76 Å². The van der Waals surface area contributed by atoms with Crippen LogP contribution in [0.15, 0.2) is 65.3 Å². The molecule has 0 unspecified atom stereocenters. The molecular formula is C18H13ClN4O2. The molecule has 0 radical (unpaired) electrons. The van der Waals surface area contributed by atoms with Crippen molar-refractivity contribution in [1.29, 1.82) is 0 Å². The first kappa shape index (κ1) is 15.4. The van der Waals surface area contributed by atoms with Crippen molar-refractivity contribution in [3.63, 3.8) is 0 Å². The first-order valence-electron chi connectivity index (χ1n) is 7.61. The highest BCUT2D eigenvalue weighted by Crippen LogP contribution is 2.23. The molecule has 6 nitrogen and oxygen atoms in total. The molecule has 0 aliphatic carbocycles. The Morgan fingerprint density at radius 3 is 2.84 bits per heavy atom. The fraction of sp³-hybridized carbons (Fsp3) is 0.0556. The molecule has 0 aliphatic rings. The zero-order chi connectivity index (χ0) is 17.2. The van der Waals surface area contributed by atoms with E-state index in [1.807, 2.05) is 30.3 Å². The van der Waals surface area contributed by atoms with Gasteiger partial charge in [-0.25, -0.2) is 9.67 Å². The third-order valence-corrected chi connectivity index (χ3v) is 3.89. The summed E-state index contributed by atoms with van der Waals surface area (Å²) in [6, 6.07) is 16.7. The monoisotopic (exact) mass is 352 g/mol. The van der Waals surface area contributed by atoms with Crippen LogP contribution in [0.2, 0.25) is 5.02 Å². The number of halogens is 1. The number of carbonyl (C=O) groups is 1.